The van der Waals surface area contributed by atoms with Crippen LogP contribution < -0.4 is 10.6 Å². The summed E-state index contributed by atoms with van der Waals surface area (Å²) in [5.41, 5.74) is 9.65. The van der Waals surface area contributed by atoms with E-state index < -0.39 is 0 Å². The lowest BCUT2D eigenvalue weighted by atomic mass is 10.0. The van der Waals surface area contributed by atoms with E-state index in [4.69, 9.17) is 5.73 Å². The standard InChI is InChI=1S/C16H23N3O/c1-18-15-6-5-12(9-13(15)10-16(18)20)14(17)11-19-7-3-2-4-8-19/h5-6,9,14H,2-4,7-8,10-11,17H2,1H3. The summed E-state index contributed by atoms with van der Waals surface area (Å²) in [5, 5.41) is 0. The summed E-state index contributed by atoms with van der Waals surface area (Å²) in [5.74, 6) is 0.168. The Morgan fingerprint density at radius 2 is 2.00 bits per heavy atom. The van der Waals surface area contributed by atoms with Gasteiger partial charge in [0, 0.05) is 25.3 Å². The van der Waals surface area contributed by atoms with Crippen molar-refractivity contribution in [3.8, 4) is 0 Å². The Bertz CT molecular complexity index is 508. The molecule has 0 aromatic heterocycles. The van der Waals surface area contributed by atoms with Crippen LogP contribution in [0.3, 0.4) is 0 Å². The third-order valence-electron chi connectivity index (χ3n) is 4.51. The summed E-state index contributed by atoms with van der Waals surface area (Å²) < 4.78 is 0. The molecule has 2 aliphatic rings. The fourth-order valence-electron chi connectivity index (χ4n) is 3.25. The lowest BCUT2D eigenvalue weighted by molar-refractivity contribution is -0.117. The van der Waals surface area contributed by atoms with E-state index in [0.717, 1.165) is 23.4 Å². The van der Waals surface area contributed by atoms with Crippen molar-refractivity contribution in [3.05, 3.63) is 29.3 Å². The molecule has 1 aromatic rings. The monoisotopic (exact) mass is 273 g/mol. The van der Waals surface area contributed by atoms with Crippen molar-refractivity contribution in [2.45, 2.75) is 31.7 Å². The van der Waals surface area contributed by atoms with E-state index in [1.807, 2.05) is 13.1 Å². The van der Waals surface area contributed by atoms with Crippen molar-refractivity contribution in [3.63, 3.8) is 0 Å². The number of anilines is 1. The van der Waals surface area contributed by atoms with Gasteiger partial charge in [-0.2, -0.15) is 0 Å². The lowest BCUT2D eigenvalue weighted by Crippen LogP contribution is -2.36. The maximum atomic E-state index is 11.7. The second-order valence-electron chi connectivity index (χ2n) is 5.99. The Balaban J connectivity index is 1.71. The Morgan fingerprint density at radius 1 is 1.25 bits per heavy atom. The SMILES string of the molecule is CN1C(=O)Cc2cc(C(N)CN3CCCCC3)ccc21. The van der Waals surface area contributed by atoms with Gasteiger partial charge in [0.1, 0.15) is 0 Å². The number of rotatable bonds is 3. The predicted octanol–water partition coefficient (Wildman–Crippen LogP) is 1.69. The Kier molecular flexibility index (Phi) is 3.76. The second kappa shape index (κ2) is 5.54. The number of likely N-dealkylation sites (tertiary alicyclic amines) is 1. The van der Waals surface area contributed by atoms with E-state index in [9.17, 15) is 4.79 Å². The van der Waals surface area contributed by atoms with Crippen LogP contribution in [0.25, 0.3) is 0 Å². The first-order valence-corrected chi connectivity index (χ1v) is 7.52. The molecule has 1 atom stereocenters. The van der Waals surface area contributed by atoms with Gasteiger partial charge in [-0.25, -0.2) is 0 Å². The number of hydrogen-bond donors (Lipinski definition) is 1. The van der Waals surface area contributed by atoms with Gasteiger partial charge in [-0.15, -0.1) is 0 Å². The van der Waals surface area contributed by atoms with Gasteiger partial charge in [0.25, 0.3) is 0 Å². The number of fused-ring (bicyclic) bond motifs is 1. The van der Waals surface area contributed by atoms with Crippen LogP contribution in [0, 0.1) is 0 Å². The van der Waals surface area contributed by atoms with Crippen LogP contribution in [0.4, 0.5) is 5.69 Å². The molecular formula is C16H23N3O. The Morgan fingerprint density at radius 3 is 2.75 bits per heavy atom. The van der Waals surface area contributed by atoms with E-state index in [1.54, 1.807) is 4.90 Å². The van der Waals surface area contributed by atoms with Crippen LogP contribution in [0.15, 0.2) is 18.2 Å². The molecular weight excluding hydrogens is 250 g/mol. The zero-order valence-corrected chi connectivity index (χ0v) is 12.1. The molecule has 0 saturated carbocycles. The molecule has 4 nitrogen and oxygen atoms in total. The summed E-state index contributed by atoms with van der Waals surface area (Å²) >= 11 is 0. The van der Waals surface area contributed by atoms with Crippen LogP contribution >= 0.6 is 0 Å². The van der Waals surface area contributed by atoms with Crippen molar-refractivity contribution in [2.75, 3.05) is 31.6 Å². The van der Waals surface area contributed by atoms with Gasteiger partial charge in [-0.3, -0.25) is 4.79 Å². The van der Waals surface area contributed by atoms with Crippen molar-refractivity contribution >= 4 is 11.6 Å². The number of carbonyl (C=O) groups excluding carboxylic acids is 1. The highest BCUT2D eigenvalue weighted by molar-refractivity contribution is 6.00. The second-order valence-corrected chi connectivity index (χ2v) is 5.99. The Hall–Kier alpha value is -1.39. The molecule has 3 rings (SSSR count). The number of piperidine rings is 1. The van der Waals surface area contributed by atoms with Crippen LogP contribution in [0.1, 0.15) is 36.4 Å². The third-order valence-corrected chi connectivity index (χ3v) is 4.51. The summed E-state index contributed by atoms with van der Waals surface area (Å²) in [6.07, 6.45) is 4.43. The minimum Gasteiger partial charge on any atom is -0.323 e. The molecule has 2 aliphatic heterocycles. The van der Waals surface area contributed by atoms with Crippen molar-refractivity contribution in [1.29, 1.82) is 0 Å². The van der Waals surface area contributed by atoms with Gasteiger partial charge in [-0.05, 0) is 43.1 Å². The van der Waals surface area contributed by atoms with Gasteiger partial charge >= 0.3 is 0 Å². The molecule has 2 heterocycles. The first kappa shape index (κ1) is 13.6. The molecule has 1 unspecified atom stereocenters. The summed E-state index contributed by atoms with van der Waals surface area (Å²) in [7, 11) is 1.83. The minimum absolute atomic E-state index is 0.0411. The topological polar surface area (TPSA) is 49.6 Å². The smallest absolute Gasteiger partial charge is 0.231 e. The number of likely N-dealkylation sites (N-methyl/N-ethyl adjacent to an activating group) is 1. The van der Waals surface area contributed by atoms with Gasteiger partial charge < -0.3 is 15.5 Å². The number of nitrogens with two attached hydrogens (primary N) is 1. The molecule has 108 valence electrons. The third kappa shape index (κ3) is 2.58. The lowest BCUT2D eigenvalue weighted by Gasteiger charge is -2.29. The van der Waals surface area contributed by atoms with Crippen molar-refractivity contribution in [2.24, 2.45) is 5.73 Å². The quantitative estimate of drug-likeness (QED) is 0.912. The van der Waals surface area contributed by atoms with Gasteiger partial charge in [0.2, 0.25) is 5.91 Å². The van der Waals surface area contributed by atoms with Gasteiger partial charge in [-0.1, -0.05) is 18.6 Å². The van der Waals surface area contributed by atoms with E-state index in [2.05, 4.69) is 17.0 Å². The molecule has 1 amide bonds. The predicted molar refractivity (Wildman–Crippen MR) is 80.8 cm³/mol. The maximum absolute atomic E-state index is 11.7. The average Bonchev–Trinajstić information content (AvgIpc) is 2.74. The molecule has 0 bridgehead atoms. The number of nitrogens with zero attached hydrogens (tertiary/aromatic N) is 2. The molecule has 1 saturated heterocycles. The highest BCUT2D eigenvalue weighted by Crippen LogP contribution is 2.30. The van der Waals surface area contributed by atoms with Crippen LogP contribution in [-0.2, 0) is 11.2 Å². The summed E-state index contributed by atoms with van der Waals surface area (Å²) in [4.78, 5) is 15.9. The first-order valence-electron chi connectivity index (χ1n) is 7.52. The number of amides is 1. The molecule has 4 heteroatoms. The van der Waals surface area contributed by atoms with Gasteiger partial charge in [0.15, 0.2) is 0 Å². The highest BCUT2D eigenvalue weighted by atomic mass is 16.2. The fourth-order valence-corrected chi connectivity index (χ4v) is 3.25. The molecule has 20 heavy (non-hydrogen) atoms. The number of carbonyl (C=O) groups is 1. The minimum atomic E-state index is 0.0411. The van der Waals surface area contributed by atoms with Crippen molar-refractivity contribution < 1.29 is 4.79 Å². The first-order chi connectivity index (χ1) is 9.65. The zero-order chi connectivity index (χ0) is 14.1. The van der Waals surface area contributed by atoms with Crippen molar-refractivity contribution in [1.82, 2.24) is 4.90 Å². The van der Waals surface area contributed by atoms with Crippen LogP contribution in [0.5, 0.6) is 0 Å². The highest BCUT2D eigenvalue weighted by Gasteiger charge is 2.25. The molecule has 0 spiro atoms. The molecule has 0 aliphatic carbocycles. The van der Waals surface area contributed by atoms with E-state index >= 15 is 0 Å². The fraction of sp³-hybridized carbons (Fsp3) is 0.562. The van der Waals surface area contributed by atoms with E-state index in [1.165, 1.54) is 32.4 Å². The Labute approximate surface area is 120 Å². The summed E-state index contributed by atoms with van der Waals surface area (Å²) in [6, 6.07) is 6.26. The van der Waals surface area contributed by atoms with E-state index in [0.29, 0.717) is 6.42 Å². The largest absolute Gasteiger partial charge is 0.323 e. The van der Waals surface area contributed by atoms with Crippen LogP contribution in [-0.4, -0.2) is 37.5 Å². The average molecular weight is 273 g/mol. The normalized spacial score (nSPS) is 21.1. The maximum Gasteiger partial charge on any atom is 0.231 e. The van der Waals surface area contributed by atoms with E-state index in [-0.39, 0.29) is 11.9 Å². The molecule has 2 N–H and O–H groups in total. The zero-order valence-electron chi connectivity index (χ0n) is 12.1. The molecule has 1 aromatic carbocycles. The molecule has 1 fully saturated rings. The summed E-state index contributed by atoms with van der Waals surface area (Å²) in [6.45, 7) is 3.25. The van der Waals surface area contributed by atoms with Crippen LogP contribution in [0.2, 0.25) is 0 Å². The van der Waals surface area contributed by atoms with Gasteiger partial charge in [0.05, 0.1) is 6.42 Å². The number of hydrogen-bond acceptors (Lipinski definition) is 3. The number of benzene rings is 1. The molecule has 0 radical (unpaired) electrons.